The van der Waals surface area contributed by atoms with Crippen LogP contribution in [0.15, 0.2) is 24.3 Å². The van der Waals surface area contributed by atoms with Crippen molar-refractivity contribution in [1.82, 2.24) is 0 Å². The van der Waals surface area contributed by atoms with Crippen LogP contribution in [-0.2, 0) is 28.5 Å². The van der Waals surface area contributed by atoms with Gasteiger partial charge in [-0.05, 0) is 84.0 Å². The van der Waals surface area contributed by atoms with Gasteiger partial charge in [-0.2, -0.15) is 0 Å². The molecule has 3 unspecified atom stereocenters. The topological polar surface area (TPSA) is 83.5 Å². The molecule has 0 aromatic carbocycles. The summed E-state index contributed by atoms with van der Waals surface area (Å²) in [4.78, 5) is 11.4. The largest absolute Gasteiger partial charge is 0.469 e. The maximum Gasteiger partial charge on any atom is 0.305 e. The smallest absolute Gasteiger partial charge is 0.305 e. The molecule has 7 nitrogen and oxygen atoms in total. The lowest BCUT2D eigenvalue weighted by molar-refractivity contribution is -0.208. The van der Waals surface area contributed by atoms with E-state index in [9.17, 15) is 9.90 Å². The van der Waals surface area contributed by atoms with Gasteiger partial charge in [0.15, 0.2) is 12.6 Å². The van der Waals surface area contributed by atoms with E-state index in [-0.39, 0.29) is 36.5 Å². The molecule has 0 aromatic heterocycles. The van der Waals surface area contributed by atoms with E-state index >= 15 is 0 Å². The number of hydrogen-bond donors (Lipinski definition) is 1. The first-order chi connectivity index (χ1) is 18.9. The van der Waals surface area contributed by atoms with Crippen molar-refractivity contribution >= 4 is 5.97 Å². The zero-order chi connectivity index (χ0) is 27.9. The first-order valence-corrected chi connectivity index (χ1v) is 15.0. The van der Waals surface area contributed by atoms with Gasteiger partial charge in [0.25, 0.3) is 0 Å². The number of allylic oxidation sites excluding steroid dienone is 2. The molecule has 7 heteroatoms. The third kappa shape index (κ3) is 11.0. The molecule has 220 valence electrons. The van der Waals surface area contributed by atoms with Gasteiger partial charge in [-0.1, -0.05) is 24.3 Å². The Labute approximate surface area is 235 Å². The van der Waals surface area contributed by atoms with E-state index in [0.29, 0.717) is 12.8 Å². The third-order valence-electron chi connectivity index (χ3n) is 8.04. The van der Waals surface area contributed by atoms with E-state index in [4.69, 9.17) is 23.7 Å². The van der Waals surface area contributed by atoms with Gasteiger partial charge in [0.2, 0.25) is 0 Å². The van der Waals surface area contributed by atoms with E-state index in [0.717, 1.165) is 83.8 Å². The molecule has 39 heavy (non-hydrogen) atoms. The summed E-state index contributed by atoms with van der Waals surface area (Å²) in [5.74, 6) is 6.04. The average molecular weight is 547 g/mol. The molecular formula is C32H50O7. The number of hydrogen-bond acceptors (Lipinski definition) is 7. The van der Waals surface area contributed by atoms with Crippen molar-refractivity contribution in [2.75, 3.05) is 20.3 Å². The second-order valence-electron chi connectivity index (χ2n) is 11.2. The molecule has 0 radical (unpaired) electrons. The minimum atomic E-state index is -0.528. The Kier molecular flexibility index (Phi) is 14.0. The number of ether oxygens (including phenoxy) is 5. The Morgan fingerprint density at radius 2 is 1.85 bits per heavy atom. The molecule has 0 bridgehead atoms. The van der Waals surface area contributed by atoms with Crippen LogP contribution in [0.5, 0.6) is 0 Å². The van der Waals surface area contributed by atoms with Crippen LogP contribution in [0.25, 0.3) is 0 Å². The number of esters is 1. The summed E-state index contributed by atoms with van der Waals surface area (Å²) in [6, 6.07) is 0. The predicted octanol–water partition coefficient (Wildman–Crippen LogP) is 5.85. The summed E-state index contributed by atoms with van der Waals surface area (Å²) in [6.45, 7) is 5.44. The van der Waals surface area contributed by atoms with Crippen LogP contribution in [0.1, 0.15) is 97.3 Å². The van der Waals surface area contributed by atoms with Crippen LogP contribution in [0.3, 0.4) is 0 Å². The molecule has 3 rings (SSSR count). The van der Waals surface area contributed by atoms with E-state index in [1.54, 1.807) is 0 Å². The van der Waals surface area contributed by atoms with Gasteiger partial charge in [0, 0.05) is 38.4 Å². The number of carbonyl (C=O) groups is 1. The van der Waals surface area contributed by atoms with Gasteiger partial charge in [0.05, 0.1) is 24.9 Å². The molecule has 0 aromatic rings. The summed E-state index contributed by atoms with van der Waals surface area (Å²) >= 11 is 0. The van der Waals surface area contributed by atoms with Crippen molar-refractivity contribution < 1.29 is 33.6 Å². The van der Waals surface area contributed by atoms with Crippen molar-refractivity contribution in [1.29, 1.82) is 0 Å². The van der Waals surface area contributed by atoms with Crippen molar-refractivity contribution in [3.05, 3.63) is 24.3 Å². The Morgan fingerprint density at radius 1 is 1.10 bits per heavy atom. The van der Waals surface area contributed by atoms with Gasteiger partial charge >= 0.3 is 5.97 Å². The van der Waals surface area contributed by atoms with Gasteiger partial charge in [0.1, 0.15) is 0 Å². The summed E-state index contributed by atoms with van der Waals surface area (Å²) in [5.41, 5.74) is -0.528. The highest BCUT2D eigenvalue weighted by Crippen LogP contribution is 2.40. The van der Waals surface area contributed by atoms with Crippen molar-refractivity contribution in [3.8, 4) is 11.8 Å². The third-order valence-corrected chi connectivity index (χ3v) is 8.04. The zero-order valence-electron chi connectivity index (χ0n) is 24.3. The fourth-order valence-corrected chi connectivity index (χ4v) is 5.72. The fourth-order valence-electron chi connectivity index (χ4n) is 5.72. The number of methoxy groups -OCH3 is 1. The molecule has 2 heterocycles. The SMILES string of the molecule is CC#CCCC(C)(C=C[C@@H]1[C@@H](CC=CCCCC(=O)OC)[C@@H](O)C[C@H]1OC1CCCCO1)OC1CCCCO1. The summed E-state index contributed by atoms with van der Waals surface area (Å²) in [7, 11) is 1.42. The molecule has 1 N–H and O–H groups in total. The predicted molar refractivity (Wildman–Crippen MR) is 151 cm³/mol. The van der Waals surface area contributed by atoms with Crippen molar-refractivity contribution in [2.45, 2.75) is 128 Å². The Balaban J connectivity index is 1.72. The minimum absolute atomic E-state index is 0.0253. The van der Waals surface area contributed by atoms with E-state index in [2.05, 4.69) is 43.1 Å². The lowest BCUT2D eigenvalue weighted by atomic mass is 9.87. The molecule has 3 aliphatic rings. The highest BCUT2D eigenvalue weighted by Gasteiger charge is 2.43. The Bertz CT molecular complexity index is 831. The zero-order valence-corrected chi connectivity index (χ0v) is 24.3. The standard InChI is InChI=1S/C32H50O7/c1-4-5-12-20-32(2,39-31-18-11-14-23-37-31)21-19-26-25(15-8-6-7-9-16-29(34)35-3)27(33)24-28(26)38-30-17-10-13-22-36-30/h6,8,19,21,25-28,30-31,33H,7,9-18,20,22-24H2,1-3H3/t25-,26-,27+,28-,30?,31?,32?/m1/s1. The molecule has 1 saturated carbocycles. The van der Waals surface area contributed by atoms with E-state index in [1.165, 1.54) is 7.11 Å². The van der Waals surface area contributed by atoms with Crippen LogP contribution < -0.4 is 0 Å². The van der Waals surface area contributed by atoms with Gasteiger partial charge < -0.3 is 28.8 Å². The van der Waals surface area contributed by atoms with Crippen LogP contribution in [0.4, 0.5) is 0 Å². The number of aliphatic hydroxyl groups is 1. The normalized spacial score (nSPS) is 31.2. The van der Waals surface area contributed by atoms with E-state index < -0.39 is 11.7 Å². The minimum Gasteiger partial charge on any atom is -0.469 e. The molecular weight excluding hydrogens is 496 g/mol. The highest BCUT2D eigenvalue weighted by atomic mass is 16.7. The van der Waals surface area contributed by atoms with Crippen LogP contribution >= 0.6 is 0 Å². The highest BCUT2D eigenvalue weighted by molar-refractivity contribution is 5.69. The molecule has 2 saturated heterocycles. The molecule has 0 spiro atoms. The average Bonchev–Trinajstić information content (AvgIpc) is 3.23. The van der Waals surface area contributed by atoms with Crippen LogP contribution in [-0.4, -0.2) is 61.8 Å². The second-order valence-corrected chi connectivity index (χ2v) is 11.2. The molecule has 3 fully saturated rings. The first kappa shape index (κ1) is 31.8. The van der Waals surface area contributed by atoms with Crippen LogP contribution in [0.2, 0.25) is 0 Å². The van der Waals surface area contributed by atoms with Crippen molar-refractivity contribution in [2.24, 2.45) is 11.8 Å². The number of rotatable bonds is 14. The molecule has 2 aliphatic heterocycles. The lowest BCUT2D eigenvalue weighted by Crippen LogP contribution is -2.36. The number of aliphatic hydroxyl groups excluding tert-OH is 1. The molecule has 1 aliphatic carbocycles. The van der Waals surface area contributed by atoms with Crippen molar-refractivity contribution in [3.63, 3.8) is 0 Å². The van der Waals surface area contributed by atoms with Gasteiger partial charge in [-0.3, -0.25) is 4.79 Å². The van der Waals surface area contributed by atoms with Gasteiger partial charge in [-0.25, -0.2) is 0 Å². The summed E-state index contributed by atoms with van der Waals surface area (Å²) in [5, 5.41) is 11.1. The Hall–Kier alpha value is -1.69. The second kappa shape index (κ2) is 17.2. The quantitative estimate of drug-likeness (QED) is 0.127. The van der Waals surface area contributed by atoms with E-state index in [1.807, 2.05) is 6.92 Å². The first-order valence-electron chi connectivity index (χ1n) is 15.0. The summed E-state index contributed by atoms with van der Waals surface area (Å²) in [6.07, 6.45) is 18.6. The maximum absolute atomic E-state index is 11.4. The summed E-state index contributed by atoms with van der Waals surface area (Å²) < 4.78 is 29.5. The molecule has 0 amide bonds. The number of unbranched alkanes of at least 4 members (excludes halogenated alkanes) is 1. The number of carbonyl (C=O) groups excluding carboxylic acids is 1. The fraction of sp³-hybridized carbons (Fsp3) is 0.781. The molecule has 7 atom stereocenters. The van der Waals surface area contributed by atoms with Gasteiger partial charge in [-0.15, -0.1) is 11.8 Å². The van der Waals surface area contributed by atoms with Crippen LogP contribution in [0, 0.1) is 23.7 Å². The monoisotopic (exact) mass is 546 g/mol. The lowest BCUT2D eigenvalue weighted by Gasteiger charge is -2.34. The maximum atomic E-state index is 11.4. The Morgan fingerprint density at radius 3 is 2.51 bits per heavy atom.